The van der Waals surface area contributed by atoms with Gasteiger partial charge in [0.15, 0.2) is 0 Å². The van der Waals surface area contributed by atoms with Gasteiger partial charge in [0, 0.05) is 38.8 Å². The number of hydrogen-bond donors (Lipinski definition) is 1. The van der Waals surface area contributed by atoms with Gasteiger partial charge in [0.1, 0.15) is 12.4 Å². The summed E-state index contributed by atoms with van der Waals surface area (Å²) in [5.41, 5.74) is 1.07. The van der Waals surface area contributed by atoms with E-state index in [1.54, 1.807) is 7.11 Å². The predicted octanol–water partition coefficient (Wildman–Crippen LogP) is 2.48. The number of amides is 2. The Hall–Kier alpha value is -1.79. The summed E-state index contributed by atoms with van der Waals surface area (Å²) in [5.74, 6) is 0.818. The number of nitrogens with one attached hydrogen (secondary N) is 1. The minimum atomic E-state index is 0.0336. The second kappa shape index (κ2) is 9.24. The number of piperidine rings is 1. The van der Waals surface area contributed by atoms with Gasteiger partial charge in [0.05, 0.1) is 6.61 Å². The average molecular weight is 361 g/mol. The number of carbonyl (C=O) groups is 1. The van der Waals surface area contributed by atoms with Crippen LogP contribution >= 0.6 is 0 Å². The van der Waals surface area contributed by atoms with Crippen LogP contribution in [0.15, 0.2) is 24.3 Å². The fourth-order valence-corrected chi connectivity index (χ4v) is 3.73. The Labute approximate surface area is 156 Å². The maximum atomic E-state index is 12.3. The molecule has 0 spiro atoms. The third-order valence-electron chi connectivity index (χ3n) is 5.40. The summed E-state index contributed by atoms with van der Waals surface area (Å²) in [6.07, 6.45) is 3.91. The topological polar surface area (TPSA) is 54.0 Å². The molecule has 6 nitrogen and oxygen atoms in total. The first-order valence-corrected chi connectivity index (χ1v) is 9.66. The molecule has 3 rings (SSSR count). The summed E-state index contributed by atoms with van der Waals surface area (Å²) < 4.78 is 10.5. The van der Waals surface area contributed by atoms with Crippen molar-refractivity contribution in [2.45, 2.75) is 44.8 Å². The second-order valence-corrected chi connectivity index (χ2v) is 7.29. The molecule has 2 aliphatic rings. The third-order valence-corrected chi connectivity index (χ3v) is 5.40. The van der Waals surface area contributed by atoms with E-state index in [0.717, 1.165) is 24.4 Å². The van der Waals surface area contributed by atoms with Gasteiger partial charge in [-0.1, -0.05) is 18.6 Å². The average Bonchev–Trinajstić information content (AvgIpc) is 2.61. The minimum Gasteiger partial charge on any atom is -0.491 e. The molecule has 0 saturated carbocycles. The highest BCUT2D eigenvalue weighted by Gasteiger charge is 2.37. The number of benzene rings is 1. The van der Waals surface area contributed by atoms with Gasteiger partial charge in [-0.15, -0.1) is 0 Å². The lowest BCUT2D eigenvalue weighted by molar-refractivity contribution is 0.0169. The van der Waals surface area contributed by atoms with Crippen molar-refractivity contribution in [1.29, 1.82) is 0 Å². The first-order chi connectivity index (χ1) is 12.7. The zero-order valence-electron chi connectivity index (χ0n) is 15.9. The van der Waals surface area contributed by atoms with Gasteiger partial charge in [-0.05, 0) is 44.0 Å². The number of urea groups is 1. The molecular weight excluding hydrogens is 330 g/mol. The highest BCUT2D eigenvalue weighted by Crippen LogP contribution is 2.24. The zero-order chi connectivity index (χ0) is 18.4. The molecule has 0 aromatic heterocycles. The zero-order valence-corrected chi connectivity index (χ0v) is 15.9. The molecule has 0 bridgehead atoms. The van der Waals surface area contributed by atoms with Crippen molar-refractivity contribution < 1.29 is 14.3 Å². The van der Waals surface area contributed by atoms with Crippen molar-refractivity contribution in [2.24, 2.45) is 0 Å². The van der Waals surface area contributed by atoms with E-state index in [9.17, 15) is 4.79 Å². The molecule has 144 valence electrons. The van der Waals surface area contributed by atoms with Crippen LogP contribution in [0.3, 0.4) is 0 Å². The predicted molar refractivity (Wildman–Crippen MR) is 101 cm³/mol. The molecule has 1 aromatic rings. The molecule has 6 heteroatoms. The maximum Gasteiger partial charge on any atom is 0.317 e. The summed E-state index contributed by atoms with van der Waals surface area (Å²) in [4.78, 5) is 16.8. The summed E-state index contributed by atoms with van der Waals surface area (Å²) in [6, 6.07) is 9.05. The second-order valence-electron chi connectivity index (χ2n) is 7.29. The van der Waals surface area contributed by atoms with E-state index in [0.29, 0.717) is 31.8 Å². The molecule has 1 aromatic carbocycles. The van der Waals surface area contributed by atoms with Crippen LogP contribution in [0, 0.1) is 0 Å². The largest absolute Gasteiger partial charge is 0.491 e. The SMILES string of the molecule is COCCOc1ccc(CNC(=O)N2CC(N3CCCC[C@@H]3C)C2)cc1. The first-order valence-electron chi connectivity index (χ1n) is 9.66. The van der Waals surface area contributed by atoms with E-state index in [1.165, 1.54) is 25.8 Å². The van der Waals surface area contributed by atoms with Crippen LogP contribution in [-0.4, -0.2) is 67.9 Å². The van der Waals surface area contributed by atoms with E-state index in [2.05, 4.69) is 17.1 Å². The van der Waals surface area contributed by atoms with Gasteiger partial charge < -0.3 is 19.7 Å². The van der Waals surface area contributed by atoms with Crippen LogP contribution in [0.1, 0.15) is 31.7 Å². The van der Waals surface area contributed by atoms with E-state index in [-0.39, 0.29) is 6.03 Å². The maximum absolute atomic E-state index is 12.3. The van der Waals surface area contributed by atoms with Gasteiger partial charge in [-0.3, -0.25) is 4.90 Å². The Bertz CT molecular complexity index is 572. The van der Waals surface area contributed by atoms with Gasteiger partial charge in [-0.2, -0.15) is 0 Å². The van der Waals surface area contributed by atoms with E-state index in [4.69, 9.17) is 9.47 Å². The Kier molecular flexibility index (Phi) is 6.74. The Balaban J connectivity index is 1.37. The smallest absolute Gasteiger partial charge is 0.317 e. The molecule has 0 radical (unpaired) electrons. The number of nitrogens with zero attached hydrogens (tertiary/aromatic N) is 2. The number of ether oxygens (including phenoxy) is 2. The minimum absolute atomic E-state index is 0.0336. The van der Waals surface area contributed by atoms with Gasteiger partial charge in [0.2, 0.25) is 0 Å². The number of likely N-dealkylation sites (tertiary alicyclic amines) is 2. The summed E-state index contributed by atoms with van der Waals surface area (Å²) >= 11 is 0. The van der Waals surface area contributed by atoms with Crippen LogP contribution in [-0.2, 0) is 11.3 Å². The lowest BCUT2D eigenvalue weighted by Gasteiger charge is -2.49. The number of carbonyl (C=O) groups excluding carboxylic acids is 1. The van der Waals surface area contributed by atoms with Crippen LogP contribution < -0.4 is 10.1 Å². The molecule has 1 N–H and O–H groups in total. The van der Waals surface area contributed by atoms with Crippen LogP contribution in [0.2, 0.25) is 0 Å². The van der Waals surface area contributed by atoms with Crippen LogP contribution in [0.4, 0.5) is 4.79 Å². The van der Waals surface area contributed by atoms with Crippen molar-refractivity contribution in [2.75, 3.05) is 40.0 Å². The summed E-state index contributed by atoms with van der Waals surface area (Å²) in [5, 5.41) is 3.02. The van der Waals surface area contributed by atoms with Crippen molar-refractivity contribution in [3.8, 4) is 5.75 Å². The summed E-state index contributed by atoms with van der Waals surface area (Å²) in [7, 11) is 1.66. The highest BCUT2D eigenvalue weighted by molar-refractivity contribution is 5.75. The number of rotatable bonds is 7. The van der Waals surface area contributed by atoms with Crippen molar-refractivity contribution in [3.63, 3.8) is 0 Å². The molecule has 0 aliphatic carbocycles. The van der Waals surface area contributed by atoms with Crippen molar-refractivity contribution >= 4 is 6.03 Å². The fraction of sp³-hybridized carbons (Fsp3) is 0.650. The summed E-state index contributed by atoms with van der Waals surface area (Å²) in [6.45, 7) is 6.84. The molecule has 2 amide bonds. The Morgan fingerprint density at radius 2 is 1.96 bits per heavy atom. The quantitative estimate of drug-likeness (QED) is 0.758. The van der Waals surface area contributed by atoms with Gasteiger partial charge in [0.25, 0.3) is 0 Å². The van der Waals surface area contributed by atoms with Crippen LogP contribution in [0.5, 0.6) is 5.75 Å². The molecule has 26 heavy (non-hydrogen) atoms. The molecule has 1 atom stereocenters. The van der Waals surface area contributed by atoms with Gasteiger partial charge >= 0.3 is 6.03 Å². The molecule has 2 aliphatic heterocycles. The monoisotopic (exact) mass is 361 g/mol. The Morgan fingerprint density at radius 1 is 1.19 bits per heavy atom. The van der Waals surface area contributed by atoms with E-state index in [1.807, 2.05) is 29.2 Å². The van der Waals surface area contributed by atoms with Crippen LogP contribution in [0.25, 0.3) is 0 Å². The third kappa shape index (κ3) is 4.89. The number of hydrogen-bond acceptors (Lipinski definition) is 4. The number of methoxy groups -OCH3 is 1. The molecule has 2 heterocycles. The molecule has 0 unspecified atom stereocenters. The van der Waals surface area contributed by atoms with Crippen molar-refractivity contribution in [3.05, 3.63) is 29.8 Å². The normalized spacial score (nSPS) is 21.3. The lowest BCUT2D eigenvalue weighted by atomic mass is 9.98. The molecule has 2 fully saturated rings. The van der Waals surface area contributed by atoms with E-state index >= 15 is 0 Å². The molecule has 2 saturated heterocycles. The van der Waals surface area contributed by atoms with Crippen molar-refractivity contribution in [1.82, 2.24) is 15.1 Å². The fourth-order valence-electron chi connectivity index (χ4n) is 3.73. The van der Waals surface area contributed by atoms with E-state index < -0.39 is 0 Å². The molecular formula is C20H31N3O3. The standard InChI is InChI=1S/C20H31N3O3/c1-16-5-3-4-10-23(16)18-14-22(15-18)20(24)21-13-17-6-8-19(9-7-17)26-12-11-25-2/h6-9,16,18H,3-5,10-15H2,1-2H3,(H,21,24)/t16-/m0/s1. The first kappa shape index (κ1) is 19.0. The Morgan fingerprint density at radius 3 is 2.65 bits per heavy atom. The lowest BCUT2D eigenvalue weighted by Crippen LogP contribution is -2.64. The highest BCUT2D eigenvalue weighted by atomic mass is 16.5. The van der Waals surface area contributed by atoms with Gasteiger partial charge in [-0.25, -0.2) is 4.79 Å².